The fraction of sp³-hybridized carbons (Fsp3) is 0.400. The average molecular weight is 453 g/mol. The monoisotopic (exact) mass is 453 g/mol. The SMILES string of the molecule is O=C(NCc1cc(CNC(=O)C(F)(F)F)cc(CNC(=O)C(F)(F)F)c1)C(F)(F)F. The molecule has 0 saturated heterocycles. The molecule has 0 aromatic heterocycles. The molecule has 0 fully saturated rings. The largest absolute Gasteiger partial charge is 0.471 e. The summed E-state index contributed by atoms with van der Waals surface area (Å²) >= 11 is 0. The smallest absolute Gasteiger partial charge is 0.344 e. The Bertz CT molecular complexity index is 684. The van der Waals surface area contributed by atoms with Gasteiger partial charge in [-0.15, -0.1) is 0 Å². The van der Waals surface area contributed by atoms with E-state index in [4.69, 9.17) is 0 Å². The first-order valence-corrected chi connectivity index (χ1v) is 7.67. The first kappa shape index (κ1) is 25.0. The minimum absolute atomic E-state index is 0.136. The van der Waals surface area contributed by atoms with Crippen molar-refractivity contribution < 1.29 is 53.9 Å². The Hall–Kier alpha value is -3.00. The fourth-order valence-corrected chi connectivity index (χ4v) is 1.99. The van der Waals surface area contributed by atoms with Crippen LogP contribution in [0.2, 0.25) is 0 Å². The van der Waals surface area contributed by atoms with Crippen LogP contribution in [0.15, 0.2) is 18.2 Å². The molecule has 168 valence electrons. The van der Waals surface area contributed by atoms with Gasteiger partial charge in [0.25, 0.3) is 0 Å². The lowest BCUT2D eigenvalue weighted by Gasteiger charge is -2.14. The molecule has 0 unspecified atom stereocenters. The fourth-order valence-electron chi connectivity index (χ4n) is 1.99. The summed E-state index contributed by atoms with van der Waals surface area (Å²) in [7, 11) is 0. The van der Waals surface area contributed by atoms with Gasteiger partial charge in [0, 0.05) is 19.6 Å². The summed E-state index contributed by atoms with van der Waals surface area (Å²) in [6.45, 7) is -2.33. The number of benzene rings is 1. The van der Waals surface area contributed by atoms with Crippen LogP contribution < -0.4 is 16.0 Å². The number of carbonyl (C=O) groups excluding carboxylic acids is 3. The maximum absolute atomic E-state index is 12.2. The minimum Gasteiger partial charge on any atom is -0.344 e. The highest BCUT2D eigenvalue weighted by molar-refractivity contribution is 5.82. The van der Waals surface area contributed by atoms with E-state index in [0.29, 0.717) is 0 Å². The molecular formula is C15H12F9N3O3. The van der Waals surface area contributed by atoms with Crippen molar-refractivity contribution in [3.8, 4) is 0 Å². The van der Waals surface area contributed by atoms with Crippen LogP contribution in [0.3, 0.4) is 0 Å². The molecule has 15 heteroatoms. The van der Waals surface area contributed by atoms with Crippen LogP contribution in [-0.2, 0) is 34.0 Å². The summed E-state index contributed by atoms with van der Waals surface area (Å²) in [5, 5.41) is 4.42. The van der Waals surface area contributed by atoms with Crippen LogP contribution in [0.4, 0.5) is 39.5 Å². The van der Waals surface area contributed by atoms with Crippen molar-refractivity contribution in [3.63, 3.8) is 0 Å². The third-order valence-corrected chi connectivity index (χ3v) is 3.24. The van der Waals surface area contributed by atoms with Crippen molar-refractivity contribution in [3.05, 3.63) is 34.9 Å². The van der Waals surface area contributed by atoms with E-state index >= 15 is 0 Å². The lowest BCUT2D eigenvalue weighted by Crippen LogP contribution is -2.37. The summed E-state index contributed by atoms with van der Waals surface area (Å²) in [6.07, 6.45) is -15.7. The van der Waals surface area contributed by atoms with Crippen LogP contribution in [0.5, 0.6) is 0 Å². The molecule has 0 aliphatic rings. The number of carbonyl (C=O) groups is 3. The second-order valence-corrected chi connectivity index (χ2v) is 5.70. The summed E-state index contributed by atoms with van der Waals surface area (Å²) < 4.78 is 110. The number of halogens is 9. The van der Waals surface area contributed by atoms with E-state index in [1.165, 1.54) is 16.0 Å². The van der Waals surface area contributed by atoms with Gasteiger partial charge >= 0.3 is 36.3 Å². The van der Waals surface area contributed by atoms with Gasteiger partial charge in [-0.3, -0.25) is 14.4 Å². The van der Waals surface area contributed by atoms with Gasteiger partial charge in [0.1, 0.15) is 0 Å². The number of hydrogen-bond donors (Lipinski definition) is 3. The van der Waals surface area contributed by atoms with Crippen molar-refractivity contribution in [2.45, 2.75) is 38.2 Å². The Morgan fingerprint density at radius 3 is 0.900 bits per heavy atom. The molecule has 0 saturated carbocycles. The molecule has 1 rings (SSSR count). The van der Waals surface area contributed by atoms with Gasteiger partial charge in [-0.1, -0.05) is 18.2 Å². The Labute approximate surface area is 161 Å². The molecule has 0 spiro atoms. The van der Waals surface area contributed by atoms with E-state index in [1.807, 2.05) is 0 Å². The average Bonchev–Trinajstić information content (AvgIpc) is 2.59. The van der Waals surface area contributed by atoms with Crippen LogP contribution in [0.25, 0.3) is 0 Å². The zero-order valence-electron chi connectivity index (χ0n) is 14.5. The first-order valence-electron chi connectivity index (χ1n) is 7.67. The molecule has 3 N–H and O–H groups in total. The number of rotatable bonds is 6. The number of alkyl halides is 9. The zero-order valence-corrected chi connectivity index (χ0v) is 14.5. The van der Waals surface area contributed by atoms with Crippen molar-refractivity contribution in [2.24, 2.45) is 0 Å². The van der Waals surface area contributed by atoms with E-state index in [0.717, 1.165) is 18.2 Å². The Kier molecular flexibility index (Phi) is 7.69. The van der Waals surface area contributed by atoms with Crippen LogP contribution in [0.1, 0.15) is 16.7 Å². The lowest BCUT2D eigenvalue weighted by molar-refractivity contribution is -0.173. The summed E-state index contributed by atoms with van der Waals surface area (Å²) in [5.41, 5.74) is -0.409. The van der Waals surface area contributed by atoms with Gasteiger partial charge in [0.2, 0.25) is 0 Å². The lowest BCUT2D eigenvalue weighted by atomic mass is 10.0. The number of amides is 3. The highest BCUT2D eigenvalue weighted by Crippen LogP contribution is 2.18. The standard InChI is InChI=1S/C15H12F9N3O3/c16-13(17,18)10(28)25-4-7-1-8(5-26-11(29)14(19,20)21)3-9(2-7)6-27-12(30)15(22,23)24/h1-3H,4-6H2,(H,25,28)(H,26,29)(H,27,30). The predicted molar refractivity (Wildman–Crippen MR) is 80.1 cm³/mol. The molecule has 30 heavy (non-hydrogen) atoms. The van der Waals surface area contributed by atoms with Crippen molar-refractivity contribution in [1.82, 2.24) is 16.0 Å². The molecule has 6 nitrogen and oxygen atoms in total. The Balaban J connectivity index is 3.01. The normalized spacial score (nSPS) is 12.3. The second-order valence-electron chi connectivity index (χ2n) is 5.70. The van der Waals surface area contributed by atoms with Gasteiger partial charge in [-0.05, 0) is 16.7 Å². The molecule has 0 aliphatic carbocycles. The molecule has 0 heterocycles. The number of hydrogen-bond acceptors (Lipinski definition) is 3. The third kappa shape index (κ3) is 8.16. The van der Waals surface area contributed by atoms with E-state index in [-0.39, 0.29) is 16.7 Å². The molecule has 0 atom stereocenters. The van der Waals surface area contributed by atoms with E-state index in [2.05, 4.69) is 0 Å². The molecule has 3 amide bonds. The van der Waals surface area contributed by atoms with Crippen molar-refractivity contribution in [2.75, 3.05) is 0 Å². The van der Waals surface area contributed by atoms with Gasteiger partial charge in [0.15, 0.2) is 0 Å². The van der Waals surface area contributed by atoms with Gasteiger partial charge in [-0.25, -0.2) is 0 Å². The van der Waals surface area contributed by atoms with Gasteiger partial charge in [0.05, 0.1) is 0 Å². The molecule has 1 aromatic carbocycles. The van der Waals surface area contributed by atoms with Gasteiger partial charge < -0.3 is 16.0 Å². The predicted octanol–water partition coefficient (Wildman–Crippen LogP) is 2.22. The Morgan fingerprint density at radius 1 is 0.533 bits per heavy atom. The maximum atomic E-state index is 12.2. The summed E-state index contributed by atoms with van der Waals surface area (Å²) in [5.74, 6) is -6.99. The summed E-state index contributed by atoms with van der Waals surface area (Å²) in [6, 6.07) is 3.05. The zero-order chi connectivity index (χ0) is 23.3. The molecular weight excluding hydrogens is 441 g/mol. The summed E-state index contributed by atoms with van der Waals surface area (Å²) in [4.78, 5) is 32.6. The maximum Gasteiger partial charge on any atom is 0.471 e. The quantitative estimate of drug-likeness (QED) is 0.578. The minimum atomic E-state index is -5.22. The molecule has 1 aromatic rings. The van der Waals surface area contributed by atoms with E-state index < -0.39 is 55.9 Å². The molecule has 0 radical (unpaired) electrons. The number of nitrogens with one attached hydrogen (secondary N) is 3. The molecule has 0 aliphatic heterocycles. The van der Waals surface area contributed by atoms with Crippen LogP contribution >= 0.6 is 0 Å². The van der Waals surface area contributed by atoms with Gasteiger partial charge in [-0.2, -0.15) is 39.5 Å². The first-order chi connectivity index (χ1) is 13.5. The third-order valence-electron chi connectivity index (χ3n) is 3.24. The molecule has 0 bridgehead atoms. The topological polar surface area (TPSA) is 87.3 Å². The second kappa shape index (κ2) is 9.21. The van der Waals surface area contributed by atoms with Crippen molar-refractivity contribution in [1.29, 1.82) is 0 Å². The van der Waals surface area contributed by atoms with E-state index in [9.17, 15) is 53.9 Å². The van der Waals surface area contributed by atoms with Crippen LogP contribution in [0, 0.1) is 0 Å². The van der Waals surface area contributed by atoms with E-state index in [1.54, 1.807) is 0 Å². The van der Waals surface area contributed by atoms with Crippen LogP contribution in [-0.4, -0.2) is 36.3 Å². The highest BCUT2D eigenvalue weighted by Gasteiger charge is 2.39. The Morgan fingerprint density at radius 2 is 0.733 bits per heavy atom. The van der Waals surface area contributed by atoms with Crippen molar-refractivity contribution >= 4 is 17.7 Å². The highest BCUT2D eigenvalue weighted by atomic mass is 19.4.